The number of hydrogen-bond acceptors (Lipinski definition) is 6. The van der Waals surface area contributed by atoms with Gasteiger partial charge in [-0.3, -0.25) is 0 Å². The van der Waals surface area contributed by atoms with Crippen LogP contribution in [0.5, 0.6) is 0 Å². The number of hydrogen-bond donors (Lipinski definition) is 3. The summed E-state index contributed by atoms with van der Waals surface area (Å²) in [5.74, 6) is -0.401. The Kier molecular flexibility index (Phi) is 12.3. The van der Waals surface area contributed by atoms with E-state index in [1.165, 1.54) is 12.0 Å². The Morgan fingerprint density at radius 3 is 2.00 bits per heavy atom. The standard InChI is InChI=1S/C30H43N3O6/c1-21(2)17-25(27(35)38-6)31-28(36)33(19-23-15-11-8-12-16-23)20-26(34)24(18-22-13-9-7-10-14-22)32-29(37)39-30(3,4)5/h7-16,21,24-26,34H,17-20H2,1-6H3,(H,31,36)(H,32,37)/t24-,25-,26+/m0/s1. The largest absolute Gasteiger partial charge is 0.467 e. The van der Waals surface area contributed by atoms with Crippen molar-refractivity contribution >= 4 is 18.1 Å². The molecule has 3 amide bonds. The van der Waals surface area contributed by atoms with E-state index in [9.17, 15) is 19.5 Å². The van der Waals surface area contributed by atoms with Gasteiger partial charge >= 0.3 is 18.1 Å². The first-order chi connectivity index (χ1) is 18.4. The van der Waals surface area contributed by atoms with Crippen LogP contribution in [0, 0.1) is 5.92 Å². The number of carbonyl (C=O) groups excluding carboxylic acids is 3. The van der Waals surface area contributed by atoms with Crippen molar-refractivity contribution in [3.63, 3.8) is 0 Å². The Balaban J connectivity index is 2.30. The number of esters is 1. The third kappa shape index (κ3) is 11.8. The van der Waals surface area contributed by atoms with E-state index >= 15 is 0 Å². The number of urea groups is 1. The van der Waals surface area contributed by atoms with Gasteiger partial charge in [0, 0.05) is 6.54 Å². The lowest BCUT2D eigenvalue weighted by Gasteiger charge is -2.32. The molecule has 9 nitrogen and oxygen atoms in total. The number of carbonyl (C=O) groups is 3. The summed E-state index contributed by atoms with van der Waals surface area (Å²) in [4.78, 5) is 39.9. The van der Waals surface area contributed by atoms with Crippen LogP contribution < -0.4 is 10.6 Å². The monoisotopic (exact) mass is 541 g/mol. The number of nitrogens with zero attached hydrogens (tertiary/aromatic N) is 1. The van der Waals surface area contributed by atoms with Gasteiger partial charge < -0.3 is 30.1 Å². The van der Waals surface area contributed by atoms with Crippen molar-refractivity contribution in [2.75, 3.05) is 13.7 Å². The van der Waals surface area contributed by atoms with Crippen LogP contribution in [-0.4, -0.2) is 65.5 Å². The molecular formula is C30H43N3O6. The molecule has 3 N–H and O–H groups in total. The number of alkyl carbamates (subject to hydrolysis) is 1. The summed E-state index contributed by atoms with van der Waals surface area (Å²) >= 11 is 0. The molecule has 0 radical (unpaired) electrons. The summed E-state index contributed by atoms with van der Waals surface area (Å²) in [5, 5.41) is 16.9. The fraction of sp³-hybridized carbons (Fsp3) is 0.500. The Hall–Kier alpha value is -3.59. The zero-order chi connectivity index (χ0) is 29.0. The number of ether oxygens (including phenoxy) is 2. The normalized spacial score (nSPS) is 13.6. The fourth-order valence-corrected chi connectivity index (χ4v) is 4.05. The first kappa shape index (κ1) is 31.6. The van der Waals surface area contributed by atoms with Gasteiger partial charge in [0.1, 0.15) is 11.6 Å². The van der Waals surface area contributed by atoms with E-state index in [1.54, 1.807) is 20.8 Å². The van der Waals surface area contributed by atoms with Crippen molar-refractivity contribution in [2.24, 2.45) is 5.92 Å². The lowest BCUT2D eigenvalue weighted by atomic mass is 10.0. The number of aliphatic hydroxyl groups excluding tert-OH is 1. The van der Waals surface area contributed by atoms with Gasteiger partial charge in [0.25, 0.3) is 0 Å². The summed E-state index contributed by atoms with van der Waals surface area (Å²) in [6, 6.07) is 16.7. The van der Waals surface area contributed by atoms with E-state index in [0.717, 1.165) is 11.1 Å². The van der Waals surface area contributed by atoms with E-state index in [4.69, 9.17) is 9.47 Å². The van der Waals surface area contributed by atoms with Crippen molar-refractivity contribution in [3.05, 3.63) is 71.8 Å². The van der Waals surface area contributed by atoms with E-state index < -0.39 is 41.9 Å². The van der Waals surface area contributed by atoms with Gasteiger partial charge in [0.15, 0.2) is 0 Å². The van der Waals surface area contributed by atoms with E-state index in [1.807, 2.05) is 74.5 Å². The molecule has 0 saturated heterocycles. The third-order valence-corrected chi connectivity index (χ3v) is 5.87. The van der Waals surface area contributed by atoms with Gasteiger partial charge in [0.2, 0.25) is 0 Å². The number of nitrogens with one attached hydrogen (secondary N) is 2. The first-order valence-corrected chi connectivity index (χ1v) is 13.3. The van der Waals surface area contributed by atoms with Gasteiger partial charge in [-0.15, -0.1) is 0 Å². The average Bonchev–Trinajstić information content (AvgIpc) is 2.86. The molecule has 2 aromatic carbocycles. The van der Waals surface area contributed by atoms with Crippen molar-refractivity contribution in [2.45, 2.75) is 77.8 Å². The highest BCUT2D eigenvalue weighted by molar-refractivity contribution is 5.83. The van der Waals surface area contributed by atoms with E-state index in [-0.39, 0.29) is 19.0 Å². The minimum atomic E-state index is -1.14. The molecule has 0 bridgehead atoms. The molecule has 2 rings (SSSR count). The Morgan fingerprint density at radius 2 is 1.49 bits per heavy atom. The summed E-state index contributed by atoms with van der Waals surface area (Å²) < 4.78 is 10.3. The number of aliphatic hydroxyl groups is 1. The van der Waals surface area contributed by atoms with Crippen LogP contribution in [0.3, 0.4) is 0 Å². The molecule has 214 valence electrons. The molecule has 0 aliphatic heterocycles. The van der Waals surface area contributed by atoms with Gasteiger partial charge in [0.05, 0.1) is 25.8 Å². The van der Waals surface area contributed by atoms with E-state index in [2.05, 4.69) is 10.6 Å². The number of amides is 3. The van der Waals surface area contributed by atoms with Crippen LogP contribution in [0.15, 0.2) is 60.7 Å². The minimum Gasteiger partial charge on any atom is -0.467 e. The van der Waals surface area contributed by atoms with Crippen LogP contribution in [0.2, 0.25) is 0 Å². The third-order valence-electron chi connectivity index (χ3n) is 5.87. The molecule has 3 atom stereocenters. The molecule has 0 aliphatic carbocycles. The highest BCUT2D eigenvalue weighted by Gasteiger charge is 2.30. The second-order valence-electron chi connectivity index (χ2n) is 11.0. The number of methoxy groups -OCH3 is 1. The molecule has 0 saturated carbocycles. The van der Waals surface area contributed by atoms with Gasteiger partial charge in [-0.25, -0.2) is 14.4 Å². The zero-order valence-corrected chi connectivity index (χ0v) is 23.8. The summed E-state index contributed by atoms with van der Waals surface area (Å²) in [7, 11) is 1.28. The summed E-state index contributed by atoms with van der Waals surface area (Å²) in [5.41, 5.74) is 1.03. The first-order valence-electron chi connectivity index (χ1n) is 13.3. The SMILES string of the molecule is COC(=O)[C@H](CC(C)C)NC(=O)N(Cc1ccccc1)C[C@@H](O)[C@H](Cc1ccccc1)NC(=O)OC(C)(C)C. The van der Waals surface area contributed by atoms with Crippen LogP contribution in [0.4, 0.5) is 9.59 Å². The maximum absolute atomic E-state index is 13.5. The molecular weight excluding hydrogens is 498 g/mol. The Bertz CT molecular complexity index is 1040. The van der Waals surface area contributed by atoms with Crippen LogP contribution in [-0.2, 0) is 27.2 Å². The average molecular weight is 542 g/mol. The highest BCUT2D eigenvalue weighted by atomic mass is 16.6. The molecule has 39 heavy (non-hydrogen) atoms. The second-order valence-corrected chi connectivity index (χ2v) is 11.0. The van der Waals surface area contributed by atoms with Gasteiger partial charge in [-0.2, -0.15) is 0 Å². The topological polar surface area (TPSA) is 117 Å². The van der Waals surface area contributed by atoms with E-state index in [0.29, 0.717) is 12.8 Å². The quantitative estimate of drug-likeness (QED) is 0.345. The summed E-state index contributed by atoms with van der Waals surface area (Å²) in [6.45, 7) is 9.25. The van der Waals surface area contributed by atoms with Crippen LogP contribution >= 0.6 is 0 Å². The molecule has 0 unspecified atom stereocenters. The molecule has 9 heteroatoms. The van der Waals surface area contributed by atoms with Crippen LogP contribution in [0.1, 0.15) is 52.2 Å². The fourth-order valence-electron chi connectivity index (χ4n) is 4.05. The predicted molar refractivity (Wildman–Crippen MR) is 150 cm³/mol. The number of rotatable bonds is 12. The van der Waals surface area contributed by atoms with Crippen molar-refractivity contribution in [3.8, 4) is 0 Å². The molecule has 0 aromatic heterocycles. The highest BCUT2D eigenvalue weighted by Crippen LogP contribution is 2.14. The van der Waals surface area contributed by atoms with Crippen molar-refractivity contribution in [1.29, 1.82) is 0 Å². The smallest absolute Gasteiger partial charge is 0.407 e. The molecule has 0 aliphatic rings. The maximum atomic E-state index is 13.5. The zero-order valence-electron chi connectivity index (χ0n) is 23.8. The molecule has 0 heterocycles. The lowest BCUT2D eigenvalue weighted by Crippen LogP contribution is -2.54. The van der Waals surface area contributed by atoms with Crippen molar-refractivity contribution < 1.29 is 29.0 Å². The Morgan fingerprint density at radius 1 is 0.923 bits per heavy atom. The predicted octanol–water partition coefficient (Wildman–Crippen LogP) is 4.28. The number of benzene rings is 2. The Labute approximate surface area is 231 Å². The maximum Gasteiger partial charge on any atom is 0.407 e. The molecule has 2 aromatic rings. The minimum absolute atomic E-state index is 0.108. The van der Waals surface area contributed by atoms with Crippen LogP contribution in [0.25, 0.3) is 0 Å². The molecule has 0 spiro atoms. The second kappa shape index (κ2) is 15.1. The molecule has 0 fully saturated rings. The van der Waals surface area contributed by atoms with Gasteiger partial charge in [-0.1, -0.05) is 74.5 Å². The lowest BCUT2D eigenvalue weighted by molar-refractivity contribution is -0.143. The summed E-state index contributed by atoms with van der Waals surface area (Å²) in [6.07, 6.45) is -1.09. The van der Waals surface area contributed by atoms with Gasteiger partial charge in [-0.05, 0) is 50.7 Å². The van der Waals surface area contributed by atoms with Crippen molar-refractivity contribution in [1.82, 2.24) is 15.5 Å².